The fraction of sp³-hybridized carbons (Fsp3) is 0.526. The van der Waals surface area contributed by atoms with Crippen molar-refractivity contribution >= 4 is 5.91 Å². The second kappa shape index (κ2) is 6.38. The fourth-order valence-corrected chi connectivity index (χ4v) is 3.69. The number of hydrogen-bond donors (Lipinski definition) is 0. The Kier molecular flexibility index (Phi) is 4.08. The Balaban J connectivity index is 1.32. The molecule has 2 aliphatic rings. The molecule has 2 atom stereocenters. The molecule has 1 aliphatic carbocycles. The molecule has 5 heteroatoms. The predicted molar refractivity (Wildman–Crippen MR) is 89.5 cm³/mol. The van der Waals surface area contributed by atoms with E-state index in [-0.39, 0.29) is 5.92 Å². The Morgan fingerprint density at radius 1 is 1.25 bits per heavy atom. The maximum atomic E-state index is 12.7. The van der Waals surface area contributed by atoms with Gasteiger partial charge in [0.2, 0.25) is 11.8 Å². The molecular formula is C19H23N3O2. The van der Waals surface area contributed by atoms with Crippen LogP contribution < -0.4 is 0 Å². The monoisotopic (exact) mass is 325 g/mol. The molecular weight excluding hydrogens is 302 g/mol. The number of likely N-dealkylation sites (tertiary alicyclic amines) is 1. The molecule has 1 saturated carbocycles. The summed E-state index contributed by atoms with van der Waals surface area (Å²) in [5.74, 6) is 2.73. The molecule has 2 aromatic rings. The van der Waals surface area contributed by atoms with Gasteiger partial charge in [0.15, 0.2) is 5.82 Å². The summed E-state index contributed by atoms with van der Waals surface area (Å²) in [7, 11) is 0. The van der Waals surface area contributed by atoms with Crippen molar-refractivity contribution in [1.29, 1.82) is 0 Å². The molecule has 4 rings (SSSR count). The number of carbonyl (C=O) groups excluding carboxylic acids is 1. The smallest absolute Gasteiger partial charge is 0.229 e. The number of nitrogens with zero attached hydrogens (tertiary/aromatic N) is 3. The van der Waals surface area contributed by atoms with Crippen molar-refractivity contribution in [3.63, 3.8) is 0 Å². The van der Waals surface area contributed by atoms with Crippen molar-refractivity contribution in [2.45, 2.75) is 44.4 Å². The van der Waals surface area contributed by atoms with Gasteiger partial charge in [-0.05, 0) is 30.7 Å². The summed E-state index contributed by atoms with van der Waals surface area (Å²) in [6.45, 7) is 3.62. The van der Waals surface area contributed by atoms with E-state index in [2.05, 4.69) is 34.4 Å². The van der Waals surface area contributed by atoms with Gasteiger partial charge in [-0.2, -0.15) is 4.98 Å². The van der Waals surface area contributed by atoms with Gasteiger partial charge in [-0.3, -0.25) is 4.79 Å². The Hall–Kier alpha value is -2.17. The molecule has 2 heterocycles. The van der Waals surface area contributed by atoms with Gasteiger partial charge in [0, 0.05) is 31.3 Å². The lowest BCUT2D eigenvalue weighted by Crippen LogP contribution is -2.39. The van der Waals surface area contributed by atoms with Crippen LogP contribution in [0.3, 0.4) is 0 Å². The van der Waals surface area contributed by atoms with E-state index >= 15 is 0 Å². The van der Waals surface area contributed by atoms with Crippen LogP contribution in [0, 0.1) is 5.92 Å². The second-order valence-corrected chi connectivity index (χ2v) is 6.86. The van der Waals surface area contributed by atoms with Crippen molar-refractivity contribution in [1.82, 2.24) is 15.0 Å². The number of piperidine rings is 1. The summed E-state index contributed by atoms with van der Waals surface area (Å²) in [4.78, 5) is 19.2. The van der Waals surface area contributed by atoms with Gasteiger partial charge in [-0.25, -0.2) is 0 Å². The normalized spacial score (nSPS) is 24.1. The number of amides is 1. The lowest BCUT2D eigenvalue weighted by molar-refractivity contribution is -0.133. The first-order valence-corrected chi connectivity index (χ1v) is 8.92. The SMILES string of the molecule is CCc1noc(C2CCN(C(=O)[C@H]3C[C@H]3c3ccccc3)CC2)n1. The molecule has 1 aromatic carbocycles. The van der Waals surface area contributed by atoms with Gasteiger partial charge in [-0.15, -0.1) is 0 Å². The lowest BCUT2D eigenvalue weighted by Gasteiger charge is -2.30. The van der Waals surface area contributed by atoms with Gasteiger partial charge in [0.05, 0.1) is 0 Å². The number of hydrogen-bond acceptors (Lipinski definition) is 4. The molecule has 1 aromatic heterocycles. The summed E-state index contributed by atoms with van der Waals surface area (Å²) in [5, 5.41) is 3.98. The fourth-order valence-electron chi connectivity index (χ4n) is 3.69. The summed E-state index contributed by atoms with van der Waals surface area (Å²) in [6.07, 6.45) is 3.62. The zero-order valence-electron chi connectivity index (χ0n) is 14.0. The summed E-state index contributed by atoms with van der Waals surface area (Å²) in [6, 6.07) is 10.4. The van der Waals surface area contributed by atoms with Crippen LogP contribution in [0.15, 0.2) is 34.9 Å². The molecule has 5 nitrogen and oxygen atoms in total. The van der Waals surface area contributed by atoms with E-state index in [4.69, 9.17) is 4.52 Å². The molecule has 0 spiro atoms. The summed E-state index contributed by atoms with van der Waals surface area (Å²) >= 11 is 0. The molecule has 1 aliphatic heterocycles. The molecule has 0 N–H and O–H groups in total. The van der Waals surface area contributed by atoms with E-state index in [1.165, 1.54) is 5.56 Å². The number of aryl methyl sites for hydroxylation is 1. The highest BCUT2D eigenvalue weighted by Gasteiger charge is 2.46. The highest BCUT2D eigenvalue weighted by Crippen LogP contribution is 2.48. The first-order chi connectivity index (χ1) is 11.8. The maximum Gasteiger partial charge on any atom is 0.229 e. The second-order valence-electron chi connectivity index (χ2n) is 6.86. The van der Waals surface area contributed by atoms with Gasteiger partial charge in [0.25, 0.3) is 0 Å². The van der Waals surface area contributed by atoms with Crippen LogP contribution in [0.5, 0.6) is 0 Å². The third kappa shape index (κ3) is 2.95. The number of aromatic nitrogens is 2. The summed E-state index contributed by atoms with van der Waals surface area (Å²) in [5.41, 5.74) is 1.30. The largest absolute Gasteiger partial charge is 0.342 e. The van der Waals surface area contributed by atoms with Crippen LogP contribution >= 0.6 is 0 Å². The van der Waals surface area contributed by atoms with E-state index in [0.29, 0.717) is 17.7 Å². The quantitative estimate of drug-likeness (QED) is 0.866. The Morgan fingerprint density at radius 3 is 2.67 bits per heavy atom. The Labute approximate surface area is 142 Å². The average Bonchev–Trinajstić information content (AvgIpc) is 3.31. The van der Waals surface area contributed by atoms with Crippen LogP contribution in [0.25, 0.3) is 0 Å². The Bertz CT molecular complexity index is 704. The third-order valence-corrected chi connectivity index (χ3v) is 5.29. The van der Waals surface area contributed by atoms with Crippen LogP contribution in [0.2, 0.25) is 0 Å². The molecule has 0 radical (unpaired) electrons. The summed E-state index contributed by atoms with van der Waals surface area (Å²) < 4.78 is 5.36. The molecule has 1 saturated heterocycles. The average molecular weight is 325 g/mol. The van der Waals surface area contributed by atoms with Crippen molar-refractivity contribution in [2.75, 3.05) is 13.1 Å². The molecule has 0 bridgehead atoms. The van der Waals surface area contributed by atoms with Crippen molar-refractivity contribution in [3.05, 3.63) is 47.6 Å². The van der Waals surface area contributed by atoms with Crippen molar-refractivity contribution in [3.8, 4) is 0 Å². The van der Waals surface area contributed by atoms with Gasteiger partial charge in [-0.1, -0.05) is 42.4 Å². The van der Waals surface area contributed by atoms with Gasteiger partial charge in [0.1, 0.15) is 0 Å². The van der Waals surface area contributed by atoms with E-state index < -0.39 is 0 Å². The van der Waals surface area contributed by atoms with Crippen LogP contribution in [-0.2, 0) is 11.2 Å². The molecule has 0 unspecified atom stereocenters. The zero-order chi connectivity index (χ0) is 16.5. The topological polar surface area (TPSA) is 59.2 Å². The highest BCUT2D eigenvalue weighted by molar-refractivity contribution is 5.83. The highest BCUT2D eigenvalue weighted by atomic mass is 16.5. The van der Waals surface area contributed by atoms with Crippen molar-refractivity contribution in [2.24, 2.45) is 5.92 Å². The third-order valence-electron chi connectivity index (χ3n) is 5.29. The van der Waals surface area contributed by atoms with Crippen LogP contribution in [-0.4, -0.2) is 34.0 Å². The number of benzene rings is 1. The number of rotatable bonds is 4. The standard InChI is InChI=1S/C19H23N3O2/c1-2-17-20-18(24-21-17)14-8-10-22(11-9-14)19(23)16-12-15(16)13-6-4-3-5-7-13/h3-7,14-16H,2,8-12H2,1H3/t15-,16-/m0/s1. The minimum absolute atomic E-state index is 0.180. The van der Waals surface area contributed by atoms with E-state index in [9.17, 15) is 4.79 Å². The zero-order valence-corrected chi connectivity index (χ0v) is 14.0. The van der Waals surface area contributed by atoms with E-state index in [0.717, 1.165) is 50.5 Å². The predicted octanol–water partition coefficient (Wildman–Crippen LogP) is 3.14. The molecule has 24 heavy (non-hydrogen) atoms. The van der Waals surface area contributed by atoms with Gasteiger partial charge >= 0.3 is 0 Å². The van der Waals surface area contributed by atoms with E-state index in [1.54, 1.807) is 0 Å². The molecule has 1 amide bonds. The lowest BCUT2D eigenvalue weighted by atomic mass is 9.96. The first-order valence-electron chi connectivity index (χ1n) is 8.92. The first kappa shape index (κ1) is 15.4. The van der Waals surface area contributed by atoms with Crippen LogP contribution in [0.1, 0.15) is 55.3 Å². The Morgan fingerprint density at radius 2 is 2.00 bits per heavy atom. The maximum absolute atomic E-state index is 12.7. The van der Waals surface area contributed by atoms with Crippen molar-refractivity contribution < 1.29 is 9.32 Å². The van der Waals surface area contributed by atoms with E-state index in [1.807, 2.05) is 17.9 Å². The molecule has 126 valence electrons. The number of carbonyl (C=O) groups is 1. The molecule has 2 fully saturated rings. The minimum atomic E-state index is 0.180. The van der Waals surface area contributed by atoms with Gasteiger partial charge < -0.3 is 9.42 Å². The van der Waals surface area contributed by atoms with Crippen LogP contribution in [0.4, 0.5) is 0 Å². The minimum Gasteiger partial charge on any atom is -0.342 e.